The van der Waals surface area contributed by atoms with Crippen molar-refractivity contribution in [3.63, 3.8) is 0 Å². The van der Waals surface area contributed by atoms with Gasteiger partial charge in [-0.2, -0.15) is 9.78 Å². The molecular formula is C34H39N5O5. The van der Waals surface area contributed by atoms with Crippen molar-refractivity contribution in [1.29, 1.82) is 0 Å². The van der Waals surface area contributed by atoms with Crippen molar-refractivity contribution in [3.05, 3.63) is 89.6 Å². The average molecular weight is 598 g/mol. The number of carbonyl (C=O) groups is 2. The quantitative estimate of drug-likeness (QED) is 0.232. The Labute approximate surface area is 257 Å². The Morgan fingerprint density at radius 2 is 1.70 bits per heavy atom. The van der Waals surface area contributed by atoms with Gasteiger partial charge in [0.25, 0.3) is 0 Å². The van der Waals surface area contributed by atoms with Gasteiger partial charge in [0.1, 0.15) is 29.3 Å². The Kier molecular flexibility index (Phi) is 9.18. The molecule has 0 radical (unpaired) electrons. The maximum absolute atomic E-state index is 12.4. The van der Waals surface area contributed by atoms with Crippen LogP contribution in [0.3, 0.4) is 0 Å². The summed E-state index contributed by atoms with van der Waals surface area (Å²) in [5, 5.41) is 4.26. The van der Waals surface area contributed by atoms with Gasteiger partial charge < -0.3 is 24.8 Å². The number of rotatable bonds is 8. The smallest absolute Gasteiger partial charge is 0.410 e. The number of esters is 1. The van der Waals surface area contributed by atoms with Gasteiger partial charge in [0.05, 0.1) is 18.5 Å². The Balaban J connectivity index is 1.23. The van der Waals surface area contributed by atoms with Crippen molar-refractivity contribution in [1.82, 2.24) is 19.7 Å². The molecule has 3 heterocycles. The fourth-order valence-corrected chi connectivity index (χ4v) is 5.17. The molecule has 4 aromatic rings. The number of nitrogens with zero attached hydrogens (tertiary/aromatic N) is 4. The first-order chi connectivity index (χ1) is 21.1. The number of amides is 1. The molecule has 0 unspecified atom stereocenters. The molecule has 0 spiro atoms. The number of likely N-dealkylation sites (tertiary alicyclic amines) is 1. The number of pyridine rings is 1. The van der Waals surface area contributed by atoms with Gasteiger partial charge in [-0.25, -0.2) is 14.6 Å². The van der Waals surface area contributed by atoms with Gasteiger partial charge in [0, 0.05) is 18.7 Å². The van der Waals surface area contributed by atoms with E-state index in [-0.39, 0.29) is 24.1 Å². The number of nitrogens with two attached hydrogens (primary N) is 1. The van der Waals surface area contributed by atoms with E-state index in [0.29, 0.717) is 42.9 Å². The zero-order valence-electron chi connectivity index (χ0n) is 25.7. The van der Waals surface area contributed by atoms with Crippen LogP contribution in [0.25, 0.3) is 17.1 Å². The van der Waals surface area contributed by atoms with Crippen molar-refractivity contribution in [2.45, 2.75) is 58.7 Å². The molecule has 1 fully saturated rings. The van der Waals surface area contributed by atoms with Crippen molar-refractivity contribution >= 4 is 17.9 Å². The highest BCUT2D eigenvalue weighted by atomic mass is 16.6. The second-order valence-electron chi connectivity index (χ2n) is 11.7. The zero-order valence-corrected chi connectivity index (χ0v) is 25.7. The lowest BCUT2D eigenvalue weighted by Crippen LogP contribution is -2.41. The molecular weight excluding hydrogens is 558 g/mol. The predicted octanol–water partition coefficient (Wildman–Crippen LogP) is 6.39. The molecule has 230 valence electrons. The number of aromatic nitrogens is 3. The fourth-order valence-electron chi connectivity index (χ4n) is 5.17. The van der Waals surface area contributed by atoms with E-state index in [1.807, 2.05) is 57.2 Å². The Morgan fingerprint density at radius 3 is 2.41 bits per heavy atom. The van der Waals surface area contributed by atoms with Crippen LogP contribution in [0.4, 0.5) is 10.6 Å². The summed E-state index contributed by atoms with van der Waals surface area (Å²) in [4.78, 5) is 31.2. The van der Waals surface area contributed by atoms with Crippen LogP contribution in [0.5, 0.6) is 5.75 Å². The molecule has 0 aliphatic carbocycles. The number of hydrogen-bond acceptors (Lipinski definition) is 8. The first-order valence-corrected chi connectivity index (χ1v) is 14.9. The molecule has 2 aromatic carbocycles. The number of anilines is 1. The van der Waals surface area contributed by atoms with E-state index >= 15 is 0 Å². The first-order valence-electron chi connectivity index (χ1n) is 14.9. The van der Waals surface area contributed by atoms with E-state index in [1.54, 1.807) is 17.9 Å². The molecule has 0 bridgehead atoms. The van der Waals surface area contributed by atoms with Crippen LogP contribution < -0.4 is 10.5 Å². The summed E-state index contributed by atoms with van der Waals surface area (Å²) in [6, 6.07) is 21.7. The van der Waals surface area contributed by atoms with Crippen molar-refractivity contribution in [3.8, 4) is 22.8 Å². The Hall–Kier alpha value is -4.86. The molecule has 5 rings (SSSR count). The van der Waals surface area contributed by atoms with Crippen molar-refractivity contribution in [2.75, 3.05) is 25.4 Å². The van der Waals surface area contributed by atoms with E-state index in [0.717, 1.165) is 24.0 Å². The summed E-state index contributed by atoms with van der Waals surface area (Å²) in [7, 11) is 0. The van der Waals surface area contributed by atoms with Crippen molar-refractivity contribution in [2.24, 2.45) is 0 Å². The molecule has 10 nitrogen and oxygen atoms in total. The third-order valence-electron chi connectivity index (χ3n) is 7.41. The lowest BCUT2D eigenvalue weighted by atomic mass is 9.89. The number of carbonyl (C=O) groups excluding carboxylic acids is 2. The summed E-state index contributed by atoms with van der Waals surface area (Å²) in [6.07, 6.45) is 2.96. The minimum absolute atomic E-state index is 0.162. The highest BCUT2D eigenvalue weighted by molar-refractivity contribution is 5.94. The van der Waals surface area contributed by atoms with Crippen LogP contribution in [-0.4, -0.2) is 57.0 Å². The molecule has 1 aliphatic heterocycles. The lowest BCUT2D eigenvalue weighted by Gasteiger charge is -2.33. The number of ether oxygens (including phenoxy) is 3. The zero-order chi connectivity index (χ0) is 31.3. The molecule has 10 heteroatoms. The molecule has 1 aliphatic rings. The summed E-state index contributed by atoms with van der Waals surface area (Å²) in [5.74, 6) is 1.20. The first kappa shape index (κ1) is 30.6. The largest absolute Gasteiger partial charge is 0.488 e. The number of piperidine rings is 1. The minimum atomic E-state index is -0.525. The molecule has 2 N–H and O–H groups in total. The van der Waals surface area contributed by atoms with Gasteiger partial charge >= 0.3 is 12.1 Å². The highest BCUT2D eigenvalue weighted by Gasteiger charge is 2.27. The topological polar surface area (TPSA) is 122 Å². The SMILES string of the molecule is CCOC(=O)c1cnn(-c2cccc(-c3ccccc3OCc3ccc(C4CCN(C(=O)OC(C)(C)C)CC4)cc3)n2)c1N. The van der Waals surface area contributed by atoms with Gasteiger partial charge in [-0.3, -0.25) is 0 Å². The lowest BCUT2D eigenvalue weighted by molar-refractivity contribution is 0.0204. The number of hydrogen-bond donors (Lipinski definition) is 1. The summed E-state index contributed by atoms with van der Waals surface area (Å²) < 4.78 is 18.3. The number of benzene rings is 2. The molecule has 1 amide bonds. The summed E-state index contributed by atoms with van der Waals surface area (Å²) >= 11 is 0. The summed E-state index contributed by atoms with van der Waals surface area (Å²) in [6.45, 7) is 9.42. The van der Waals surface area contributed by atoms with E-state index in [2.05, 4.69) is 29.4 Å². The number of nitrogen functional groups attached to an aromatic ring is 1. The summed E-state index contributed by atoms with van der Waals surface area (Å²) in [5.41, 5.74) is 9.73. The molecule has 44 heavy (non-hydrogen) atoms. The molecule has 2 aromatic heterocycles. The second kappa shape index (κ2) is 13.2. The molecule has 1 saturated heterocycles. The third kappa shape index (κ3) is 7.19. The third-order valence-corrected chi connectivity index (χ3v) is 7.41. The van der Waals surface area contributed by atoms with Gasteiger partial charge in [0.2, 0.25) is 0 Å². The molecule has 0 atom stereocenters. The molecule has 0 saturated carbocycles. The predicted molar refractivity (Wildman–Crippen MR) is 168 cm³/mol. The van der Waals surface area contributed by atoms with Crippen LogP contribution in [0.2, 0.25) is 0 Å². The fraction of sp³-hybridized carbons (Fsp3) is 0.353. The van der Waals surface area contributed by atoms with Crippen LogP contribution in [0.15, 0.2) is 72.9 Å². The second-order valence-corrected chi connectivity index (χ2v) is 11.7. The van der Waals surface area contributed by atoms with Gasteiger partial charge in [-0.1, -0.05) is 42.5 Å². The van der Waals surface area contributed by atoms with E-state index in [9.17, 15) is 9.59 Å². The van der Waals surface area contributed by atoms with Gasteiger partial charge in [0.15, 0.2) is 5.82 Å². The highest BCUT2D eigenvalue weighted by Crippen LogP contribution is 2.32. The van der Waals surface area contributed by atoms with Crippen molar-refractivity contribution < 1.29 is 23.8 Å². The van der Waals surface area contributed by atoms with Gasteiger partial charge in [-0.15, -0.1) is 0 Å². The minimum Gasteiger partial charge on any atom is -0.488 e. The Morgan fingerprint density at radius 1 is 0.977 bits per heavy atom. The van der Waals surface area contributed by atoms with Gasteiger partial charge in [-0.05, 0) is 81.8 Å². The Bertz CT molecular complexity index is 1600. The monoisotopic (exact) mass is 597 g/mol. The normalized spacial score (nSPS) is 13.9. The average Bonchev–Trinajstić information content (AvgIpc) is 3.41. The standard InChI is InChI=1S/C34H39N5O5/c1-5-42-32(40)27-21-36-39(31(27)35)30-12-8-10-28(37-30)26-9-6-7-11-29(26)43-22-23-13-15-24(16-14-23)25-17-19-38(20-18-25)33(41)44-34(2,3)4/h6-16,21,25H,5,17-20,22,35H2,1-4H3. The van der Waals surface area contributed by atoms with E-state index < -0.39 is 11.6 Å². The number of para-hydroxylation sites is 1. The van der Waals surface area contributed by atoms with Crippen LogP contribution >= 0.6 is 0 Å². The van der Waals surface area contributed by atoms with E-state index in [1.165, 1.54) is 16.4 Å². The maximum Gasteiger partial charge on any atom is 0.410 e. The maximum atomic E-state index is 12.4. The van der Waals surface area contributed by atoms with Crippen LogP contribution in [0.1, 0.15) is 67.9 Å². The van der Waals surface area contributed by atoms with Crippen LogP contribution in [0, 0.1) is 0 Å². The van der Waals surface area contributed by atoms with Crippen LogP contribution in [-0.2, 0) is 16.1 Å². The van der Waals surface area contributed by atoms with E-state index in [4.69, 9.17) is 24.9 Å².